The summed E-state index contributed by atoms with van der Waals surface area (Å²) in [7, 11) is 1.90. The van der Waals surface area contributed by atoms with Crippen LogP contribution in [0.1, 0.15) is 41.4 Å². The van der Waals surface area contributed by atoms with Gasteiger partial charge < -0.3 is 5.11 Å². The molecule has 0 saturated carbocycles. The van der Waals surface area contributed by atoms with Crippen LogP contribution < -0.4 is 0 Å². The quantitative estimate of drug-likeness (QED) is 0.919. The zero-order valence-corrected chi connectivity index (χ0v) is 11.6. The Morgan fingerprint density at radius 2 is 2.00 bits per heavy atom. The van der Waals surface area contributed by atoms with Crippen molar-refractivity contribution in [2.75, 3.05) is 0 Å². The van der Waals surface area contributed by atoms with Crippen molar-refractivity contribution < 1.29 is 9.90 Å². The Balaban J connectivity index is 2.56. The highest BCUT2D eigenvalue weighted by molar-refractivity contribution is 5.89. The molecule has 0 radical (unpaired) electrons. The van der Waals surface area contributed by atoms with Crippen LogP contribution in [-0.4, -0.2) is 20.9 Å². The van der Waals surface area contributed by atoms with Gasteiger partial charge in [0, 0.05) is 18.8 Å². The van der Waals surface area contributed by atoms with E-state index < -0.39 is 5.97 Å². The lowest BCUT2D eigenvalue weighted by Gasteiger charge is -2.09. The van der Waals surface area contributed by atoms with E-state index in [0.29, 0.717) is 11.5 Å². The number of nitrogens with zero attached hydrogens (tertiary/aromatic N) is 2. The van der Waals surface area contributed by atoms with E-state index in [1.807, 2.05) is 26.2 Å². The first kappa shape index (κ1) is 13.3. The first-order valence-electron chi connectivity index (χ1n) is 6.28. The van der Waals surface area contributed by atoms with Gasteiger partial charge in [-0.3, -0.25) is 4.68 Å². The number of hydrogen-bond donors (Lipinski definition) is 1. The van der Waals surface area contributed by atoms with E-state index in [0.717, 1.165) is 22.4 Å². The van der Waals surface area contributed by atoms with Crippen molar-refractivity contribution >= 4 is 5.97 Å². The summed E-state index contributed by atoms with van der Waals surface area (Å²) in [6.07, 6.45) is 1.98. The van der Waals surface area contributed by atoms with Gasteiger partial charge in [-0.05, 0) is 36.1 Å². The summed E-state index contributed by atoms with van der Waals surface area (Å²) in [6, 6.07) is 5.21. The van der Waals surface area contributed by atoms with Crippen molar-refractivity contribution in [1.29, 1.82) is 0 Å². The van der Waals surface area contributed by atoms with E-state index in [-0.39, 0.29) is 0 Å². The van der Waals surface area contributed by atoms with Gasteiger partial charge in [0.15, 0.2) is 0 Å². The molecule has 0 bridgehead atoms. The molecular formula is C15H18N2O2. The number of rotatable bonds is 3. The Bertz CT molecular complexity index is 627. The lowest BCUT2D eigenvalue weighted by atomic mass is 9.95. The molecule has 0 saturated heterocycles. The molecule has 1 aromatic heterocycles. The van der Waals surface area contributed by atoms with Crippen molar-refractivity contribution in [3.05, 3.63) is 41.2 Å². The van der Waals surface area contributed by atoms with Gasteiger partial charge in [0.05, 0.1) is 11.3 Å². The highest BCUT2D eigenvalue weighted by Crippen LogP contribution is 2.30. The largest absolute Gasteiger partial charge is 0.478 e. The van der Waals surface area contributed by atoms with Gasteiger partial charge in [0.2, 0.25) is 0 Å². The molecule has 0 unspecified atom stereocenters. The summed E-state index contributed by atoms with van der Waals surface area (Å²) < 4.78 is 1.80. The number of carbonyl (C=O) groups is 1. The average molecular weight is 258 g/mol. The van der Waals surface area contributed by atoms with E-state index in [2.05, 4.69) is 18.9 Å². The number of hydrogen-bond acceptors (Lipinski definition) is 2. The van der Waals surface area contributed by atoms with Gasteiger partial charge in [-0.1, -0.05) is 19.9 Å². The molecule has 2 aromatic rings. The van der Waals surface area contributed by atoms with Crippen molar-refractivity contribution in [1.82, 2.24) is 9.78 Å². The first-order chi connectivity index (χ1) is 8.90. The monoisotopic (exact) mass is 258 g/mol. The summed E-state index contributed by atoms with van der Waals surface area (Å²) in [5.41, 5.74) is 4.42. The smallest absolute Gasteiger partial charge is 0.335 e. The first-order valence-corrected chi connectivity index (χ1v) is 6.28. The molecule has 0 aliphatic rings. The standard InChI is InChI=1S/C15H18N2O2/c1-9(2)14-13(8-17(4)16-14)12-6-5-11(15(18)19)7-10(12)3/h5-9H,1-4H3,(H,18,19). The molecule has 4 heteroatoms. The molecule has 19 heavy (non-hydrogen) atoms. The van der Waals surface area contributed by atoms with Crippen LogP contribution in [0.3, 0.4) is 0 Å². The van der Waals surface area contributed by atoms with Gasteiger partial charge in [-0.15, -0.1) is 0 Å². The Morgan fingerprint density at radius 3 is 2.53 bits per heavy atom. The number of aromatic nitrogens is 2. The molecule has 0 spiro atoms. The second-order valence-corrected chi connectivity index (χ2v) is 5.09. The summed E-state index contributed by atoms with van der Waals surface area (Å²) in [5.74, 6) is -0.570. The number of carboxylic acids is 1. The Morgan fingerprint density at radius 1 is 1.32 bits per heavy atom. The topological polar surface area (TPSA) is 55.1 Å². The molecular weight excluding hydrogens is 240 g/mol. The minimum Gasteiger partial charge on any atom is -0.478 e. The molecule has 0 aliphatic heterocycles. The SMILES string of the molecule is Cc1cc(C(=O)O)ccc1-c1cn(C)nc1C(C)C. The Hall–Kier alpha value is -2.10. The fourth-order valence-electron chi connectivity index (χ4n) is 2.24. The van der Waals surface area contributed by atoms with E-state index in [9.17, 15) is 4.79 Å². The molecule has 1 aromatic carbocycles. The lowest BCUT2D eigenvalue weighted by Crippen LogP contribution is -1.98. The number of aromatic carboxylic acids is 1. The van der Waals surface area contributed by atoms with Gasteiger partial charge in [0.25, 0.3) is 0 Å². The molecule has 100 valence electrons. The third-order valence-electron chi connectivity index (χ3n) is 3.17. The van der Waals surface area contributed by atoms with Crippen LogP contribution in [0.4, 0.5) is 0 Å². The van der Waals surface area contributed by atoms with Crippen LogP contribution in [0.15, 0.2) is 24.4 Å². The zero-order valence-electron chi connectivity index (χ0n) is 11.6. The Kier molecular flexibility index (Phi) is 3.42. The number of benzene rings is 1. The predicted octanol–water partition coefficient (Wildman–Crippen LogP) is 3.22. The van der Waals surface area contributed by atoms with Gasteiger partial charge >= 0.3 is 5.97 Å². The minimum atomic E-state index is -0.898. The summed E-state index contributed by atoms with van der Waals surface area (Å²) >= 11 is 0. The molecule has 0 atom stereocenters. The summed E-state index contributed by atoms with van der Waals surface area (Å²) in [5, 5.41) is 13.5. The van der Waals surface area contributed by atoms with E-state index in [1.54, 1.807) is 16.8 Å². The fraction of sp³-hybridized carbons (Fsp3) is 0.333. The average Bonchev–Trinajstić information content (AvgIpc) is 2.71. The van der Waals surface area contributed by atoms with Crippen LogP contribution in [0.5, 0.6) is 0 Å². The molecule has 4 nitrogen and oxygen atoms in total. The third-order valence-corrected chi connectivity index (χ3v) is 3.17. The van der Waals surface area contributed by atoms with E-state index in [4.69, 9.17) is 5.11 Å². The molecule has 0 fully saturated rings. The normalized spacial score (nSPS) is 11.0. The fourth-order valence-corrected chi connectivity index (χ4v) is 2.24. The lowest BCUT2D eigenvalue weighted by molar-refractivity contribution is 0.0697. The maximum Gasteiger partial charge on any atom is 0.335 e. The highest BCUT2D eigenvalue weighted by Gasteiger charge is 2.15. The second kappa shape index (κ2) is 4.88. The van der Waals surface area contributed by atoms with Crippen molar-refractivity contribution in [3.8, 4) is 11.1 Å². The van der Waals surface area contributed by atoms with Crippen molar-refractivity contribution in [3.63, 3.8) is 0 Å². The summed E-state index contributed by atoms with van der Waals surface area (Å²) in [4.78, 5) is 11.0. The second-order valence-electron chi connectivity index (χ2n) is 5.09. The van der Waals surface area contributed by atoms with Crippen molar-refractivity contribution in [2.45, 2.75) is 26.7 Å². The van der Waals surface area contributed by atoms with Crippen LogP contribution in [0, 0.1) is 6.92 Å². The Labute approximate surface area is 112 Å². The minimum absolute atomic E-state index is 0.316. The molecule has 0 aliphatic carbocycles. The van der Waals surface area contributed by atoms with E-state index in [1.165, 1.54) is 0 Å². The maximum absolute atomic E-state index is 11.0. The molecule has 1 N–H and O–H groups in total. The van der Waals surface area contributed by atoms with Crippen LogP contribution in [0.25, 0.3) is 11.1 Å². The van der Waals surface area contributed by atoms with Gasteiger partial charge in [-0.2, -0.15) is 5.10 Å². The van der Waals surface area contributed by atoms with Gasteiger partial charge in [0.1, 0.15) is 0 Å². The number of carboxylic acid groups (broad SMARTS) is 1. The number of aryl methyl sites for hydroxylation is 2. The zero-order chi connectivity index (χ0) is 14.2. The molecule has 0 amide bonds. The highest BCUT2D eigenvalue weighted by atomic mass is 16.4. The third kappa shape index (κ3) is 2.52. The predicted molar refractivity (Wildman–Crippen MR) is 74.4 cm³/mol. The van der Waals surface area contributed by atoms with Crippen LogP contribution >= 0.6 is 0 Å². The summed E-state index contributed by atoms with van der Waals surface area (Å²) in [6.45, 7) is 6.14. The van der Waals surface area contributed by atoms with Gasteiger partial charge in [-0.25, -0.2) is 4.79 Å². The van der Waals surface area contributed by atoms with Crippen LogP contribution in [-0.2, 0) is 7.05 Å². The maximum atomic E-state index is 11.0. The molecule has 1 heterocycles. The molecule has 2 rings (SSSR count). The van der Waals surface area contributed by atoms with Crippen LogP contribution in [0.2, 0.25) is 0 Å². The van der Waals surface area contributed by atoms with E-state index >= 15 is 0 Å². The van der Waals surface area contributed by atoms with Crippen molar-refractivity contribution in [2.24, 2.45) is 7.05 Å².